The third-order valence-electron chi connectivity index (χ3n) is 6.01. The first-order chi connectivity index (χ1) is 17.9. The van der Waals surface area contributed by atoms with Crippen LogP contribution in [0.1, 0.15) is 29.9 Å². The summed E-state index contributed by atoms with van der Waals surface area (Å²) in [4.78, 5) is 38.0. The lowest BCUT2D eigenvalue weighted by Crippen LogP contribution is -2.46. The lowest BCUT2D eigenvalue weighted by molar-refractivity contribution is -0.120. The number of carbonyl (C=O) groups excluding carboxylic acids is 3. The summed E-state index contributed by atoms with van der Waals surface area (Å²) in [6.07, 6.45) is 2.91. The smallest absolute Gasteiger partial charge is 0.319 e. The van der Waals surface area contributed by atoms with Crippen molar-refractivity contribution in [3.63, 3.8) is 0 Å². The molecule has 4 amide bonds. The number of amides is 4. The van der Waals surface area contributed by atoms with Crippen molar-refractivity contribution in [2.24, 2.45) is 0 Å². The molecule has 0 fully saturated rings. The highest BCUT2D eigenvalue weighted by Crippen LogP contribution is 2.29. The van der Waals surface area contributed by atoms with Gasteiger partial charge in [0, 0.05) is 16.8 Å². The van der Waals surface area contributed by atoms with Gasteiger partial charge in [0.15, 0.2) is 0 Å². The Bertz CT molecular complexity index is 1530. The van der Waals surface area contributed by atoms with Gasteiger partial charge in [-0.3, -0.25) is 14.7 Å². The second-order valence-corrected chi connectivity index (χ2v) is 8.58. The summed E-state index contributed by atoms with van der Waals surface area (Å²) in [6.45, 7) is 1.79. The van der Waals surface area contributed by atoms with Crippen LogP contribution in [-0.2, 0) is 22.6 Å². The fourth-order valence-corrected chi connectivity index (χ4v) is 4.21. The third kappa shape index (κ3) is 5.20. The third-order valence-corrected chi connectivity index (χ3v) is 6.01. The van der Waals surface area contributed by atoms with Crippen LogP contribution in [0.3, 0.4) is 0 Å². The first-order valence-electron chi connectivity index (χ1n) is 11.5. The molecule has 0 bridgehead atoms. The van der Waals surface area contributed by atoms with Crippen molar-refractivity contribution in [2.75, 3.05) is 5.32 Å². The molecular weight excluding hydrogens is 479 g/mol. The Morgan fingerprint density at radius 2 is 2.03 bits per heavy atom. The fourth-order valence-electron chi connectivity index (χ4n) is 4.21. The molecule has 0 aliphatic carbocycles. The SMILES string of the molecule is CC1=C(C(=O)Nc2ccc3[nH]ncc3c2)C(c2ccc(F)c(CC(=O)NCc3ccco3)c2)NC(=O)N1. The van der Waals surface area contributed by atoms with Gasteiger partial charge >= 0.3 is 6.03 Å². The first kappa shape index (κ1) is 23.8. The number of hydrogen-bond acceptors (Lipinski definition) is 5. The molecule has 1 aliphatic rings. The van der Waals surface area contributed by atoms with E-state index in [1.807, 2.05) is 0 Å². The van der Waals surface area contributed by atoms with Gasteiger partial charge < -0.3 is 25.7 Å². The molecule has 11 heteroatoms. The highest BCUT2D eigenvalue weighted by atomic mass is 19.1. The number of fused-ring (bicyclic) bond motifs is 1. The van der Waals surface area contributed by atoms with E-state index in [1.165, 1.54) is 24.5 Å². The molecule has 1 aliphatic heterocycles. The summed E-state index contributed by atoms with van der Waals surface area (Å²) in [6, 6.07) is 11.5. The van der Waals surface area contributed by atoms with Gasteiger partial charge in [-0.05, 0) is 60.5 Å². The van der Waals surface area contributed by atoms with Crippen molar-refractivity contribution >= 4 is 34.4 Å². The zero-order valence-electron chi connectivity index (χ0n) is 19.7. The number of anilines is 1. The van der Waals surface area contributed by atoms with Gasteiger partial charge in [-0.25, -0.2) is 9.18 Å². The standard InChI is InChI=1S/C26H23FN6O4/c1-14-23(25(35)31-18-5-7-21-17(10-18)12-29-33-21)24(32-26(36)30-14)15-4-6-20(27)16(9-15)11-22(34)28-13-19-3-2-8-37-19/h2-10,12,24H,11,13H2,1H3,(H,28,34)(H,29,33)(H,31,35)(H2,30,32,36). The molecule has 1 atom stereocenters. The van der Waals surface area contributed by atoms with E-state index in [1.54, 1.807) is 43.5 Å². The Labute approximate surface area is 210 Å². The van der Waals surface area contributed by atoms with Crippen molar-refractivity contribution in [2.45, 2.75) is 25.9 Å². The molecule has 10 nitrogen and oxygen atoms in total. The van der Waals surface area contributed by atoms with Gasteiger partial charge in [0.2, 0.25) is 5.91 Å². The number of nitrogens with one attached hydrogen (secondary N) is 5. The maximum Gasteiger partial charge on any atom is 0.319 e. The molecule has 37 heavy (non-hydrogen) atoms. The highest BCUT2D eigenvalue weighted by Gasteiger charge is 2.32. The summed E-state index contributed by atoms with van der Waals surface area (Å²) in [5.41, 5.74) is 2.57. The highest BCUT2D eigenvalue weighted by molar-refractivity contribution is 6.07. The number of H-pyrrole nitrogens is 1. The predicted octanol–water partition coefficient (Wildman–Crippen LogP) is 3.42. The Kier molecular flexibility index (Phi) is 6.42. The molecule has 5 N–H and O–H groups in total. The maximum atomic E-state index is 14.6. The molecule has 2 aromatic carbocycles. The number of benzene rings is 2. The molecular formula is C26H23FN6O4. The Balaban J connectivity index is 1.37. The van der Waals surface area contributed by atoms with Gasteiger partial charge in [-0.1, -0.05) is 6.07 Å². The minimum absolute atomic E-state index is 0.130. The minimum Gasteiger partial charge on any atom is -0.467 e. The number of allylic oxidation sites excluding steroid dienone is 1. The second-order valence-electron chi connectivity index (χ2n) is 8.58. The van der Waals surface area contributed by atoms with Crippen LogP contribution in [0, 0.1) is 5.82 Å². The van der Waals surface area contributed by atoms with E-state index in [4.69, 9.17) is 4.42 Å². The number of urea groups is 1. The molecule has 188 valence electrons. The number of aromatic nitrogens is 2. The Morgan fingerprint density at radius 1 is 1.16 bits per heavy atom. The Morgan fingerprint density at radius 3 is 2.84 bits per heavy atom. The molecule has 0 saturated heterocycles. The summed E-state index contributed by atoms with van der Waals surface area (Å²) < 4.78 is 19.8. The predicted molar refractivity (Wildman–Crippen MR) is 132 cm³/mol. The molecule has 0 spiro atoms. The van der Waals surface area contributed by atoms with Crippen LogP contribution in [0.4, 0.5) is 14.9 Å². The van der Waals surface area contributed by atoms with E-state index in [0.29, 0.717) is 22.7 Å². The van der Waals surface area contributed by atoms with Gasteiger partial charge in [0.1, 0.15) is 11.6 Å². The summed E-state index contributed by atoms with van der Waals surface area (Å²) in [7, 11) is 0. The lowest BCUT2D eigenvalue weighted by atomic mass is 9.93. The van der Waals surface area contributed by atoms with Crippen molar-refractivity contribution in [3.8, 4) is 0 Å². The number of rotatable bonds is 7. The van der Waals surface area contributed by atoms with Crippen LogP contribution in [-0.4, -0.2) is 28.0 Å². The number of halogens is 1. The van der Waals surface area contributed by atoms with Gasteiger partial charge in [0.05, 0.1) is 42.6 Å². The average molecular weight is 503 g/mol. The van der Waals surface area contributed by atoms with Crippen molar-refractivity contribution < 1.29 is 23.2 Å². The second kappa shape index (κ2) is 9.97. The van der Waals surface area contributed by atoms with Crippen LogP contribution in [0.5, 0.6) is 0 Å². The van der Waals surface area contributed by atoms with E-state index in [2.05, 4.69) is 31.5 Å². The molecule has 2 aromatic heterocycles. The minimum atomic E-state index is -0.864. The topological polar surface area (TPSA) is 141 Å². The number of hydrogen-bond donors (Lipinski definition) is 5. The number of carbonyl (C=O) groups is 3. The summed E-state index contributed by atoms with van der Waals surface area (Å²) >= 11 is 0. The molecule has 1 unspecified atom stereocenters. The van der Waals surface area contributed by atoms with Crippen molar-refractivity contribution in [1.82, 2.24) is 26.1 Å². The van der Waals surface area contributed by atoms with Crippen LogP contribution in [0.15, 0.2) is 76.7 Å². The van der Waals surface area contributed by atoms with Crippen LogP contribution in [0.2, 0.25) is 0 Å². The van der Waals surface area contributed by atoms with E-state index >= 15 is 0 Å². The molecule has 5 rings (SSSR count). The van der Waals surface area contributed by atoms with Gasteiger partial charge in [0.25, 0.3) is 5.91 Å². The summed E-state index contributed by atoms with van der Waals surface area (Å²) in [5, 5.41) is 18.5. The largest absolute Gasteiger partial charge is 0.467 e. The number of furan rings is 1. The zero-order chi connectivity index (χ0) is 25.9. The number of nitrogens with zero attached hydrogens (tertiary/aromatic N) is 1. The Hall–Kier alpha value is -4.93. The van der Waals surface area contributed by atoms with E-state index in [-0.39, 0.29) is 24.1 Å². The van der Waals surface area contributed by atoms with Gasteiger partial charge in [-0.15, -0.1) is 0 Å². The van der Waals surface area contributed by atoms with Crippen molar-refractivity contribution in [1.29, 1.82) is 0 Å². The van der Waals surface area contributed by atoms with E-state index in [0.717, 1.165) is 10.9 Å². The van der Waals surface area contributed by atoms with Gasteiger partial charge in [-0.2, -0.15) is 5.10 Å². The summed E-state index contributed by atoms with van der Waals surface area (Å²) in [5.74, 6) is -0.846. The molecule has 3 heterocycles. The average Bonchev–Trinajstić information content (AvgIpc) is 3.55. The van der Waals surface area contributed by atoms with E-state index < -0.39 is 29.7 Å². The molecule has 4 aromatic rings. The van der Waals surface area contributed by atoms with Crippen LogP contribution < -0.4 is 21.3 Å². The van der Waals surface area contributed by atoms with E-state index in [9.17, 15) is 18.8 Å². The zero-order valence-corrected chi connectivity index (χ0v) is 19.7. The maximum absolute atomic E-state index is 14.6. The number of aromatic amines is 1. The molecule has 0 radical (unpaired) electrons. The lowest BCUT2D eigenvalue weighted by Gasteiger charge is -2.29. The quantitative estimate of drug-likeness (QED) is 0.263. The van der Waals surface area contributed by atoms with Crippen LogP contribution >= 0.6 is 0 Å². The first-order valence-corrected chi connectivity index (χ1v) is 11.5. The normalized spacial score (nSPS) is 15.3. The monoisotopic (exact) mass is 502 g/mol. The molecule has 0 saturated carbocycles. The van der Waals surface area contributed by atoms with Crippen LogP contribution in [0.25, 0.3) is 10.9 Å². The van der Waals surface area contributed by atoms with Crippen molar-refractivity contribution in [3.05, 3.63) is 95.0 Å². The fraction of sp³-hybridized carbons (Fsp3) is 0.154.